The number of aromatic nitrogens is 4. The maximum absolute atomic E-state index is 5.23. The number of nitrogens with zero attached hydrogens (tertiary/aromatic N) is 5. The van der Waals surface area contributed by atoms with E-state index in [-0.39, 0.29) is 6.61 Å². The fourth-order valence-electron chi connectivity index (χ4n) is 2.75. The molecule has 0 aliphatic carbocycles. The second-order valence-corrected chi connectivity index (χ2v) is 6.14. The summed E-state index contributed by atoms with van der Waals surface area (Å²) in [6, 6.07) is 11.8. The van der Waals surface area contributed by atoms with Gasteiger partial charge in [-0.3, -0.25) is 19.4 Å². The van der Waals surface area contributed by atoms with E-state index in [0.29, 0.717) is 12.4 Å². The van der Waals surface area contributed by atoms with Gasteiger partial charge in [-0.2, -0.15) is 0 Å². The normalized spacial score (nSPS) is 13.0. The maximum atomic E-state index is 5.23. The van der Waals surface area contributed by atoms with E-state index in [1.54, 1.807) is 6.20 Å². The number of hydrogen-bond acceptors (Lipinski definition) is 6. The Morgan fingerprint density at radius 1 is 1.21 bits per heavy atom. The van der Waals surface area contributed by atoms with E-state index in [0.717, 1.165) is 33.0 Å². The van der Waals surface area contributed by atoms with Crippen LogP contribution < -0.4 is 5.90 Å². The van der Waals surface area contributed by atoms with Gasteiger partial charge in [-0.05, 0) is 30.3 Å². The van der Waals surface area contributed by atoms with Crippen LogP contribution in [-0.4, -0.2) is 25.5 Å². The fourth-order valence-corrected chi connectivity index (χ4v) is 3.10. The van der Waals surface area contributed by atoms with Crippen molar-refractivity contribution in [2.24, 2.45) is 10.9 Å². The second-order valence-electron chi connectivity index (χ2n) is 5.22. The van der Waals surface area contributed by atoms with Crippen LogP contribution in [0.4, 0.5) is 0 Å². The Bertz CT molecular complexity index is 922. The third-order valence-corrected chi connectivity index (χ3v) is 4.24. The van der Waals surface area contributed by atoms with Crippen molar-refractivity contribution in [3.05, 3.63) is 70.0 Å². The monoisotopic (exact) mass is 384 g/mol. The molecular formula is C16H13BrN6O. The lowest BCUT2D eigenvalue weighted by molar-refractivity contribution is 0.117. The number of halogens is 1. The third-order valence-electron chi connectivity index (χ3n) is 3.75. The molecule has 0 spiro atoms. The van der Waals surface area contributed by atoms with Crippen LogP contribution in [-0.2, 0) is 18.0 Å². The standard InChI is InChI=1S/C16H13BrN6O/c17-10-4-5-11-13(7-10)23-14(21-22-15(23)9-24-18)8-20-16(11)12-3-1-2-6-19-12/h1-7H,8-9,18H2. The Morgan fingerprint density at radius 2 is 2.12 bits per heavy atom. The number of benzene rings is 1. The summed E-state index contributed by atoms with van der Waals surface area (Å²) >= 11 is 3.53. The zero-order valence-electron chi connectivity index (χ0n) is 12.6. The van der Waals surface area contributed by atoms with Gasteiger partial charge in [-0.1, -0.05) is 22.0 Å². The predicted octanol–water partition coefficient (Wildman–Crippen LogP) is 2.17. The first-order chi connectivity index (χ1) is 11.8. The highest BCUT2D eigenvalue weighted by Gasteiger charge is 2.23. The Morgan fingerprint density at radius 3 is 2.92 bits per heavy atom. The van der Waals surface area contributed by atoms with Crippen LogP contribution in [0.1, 0.15) is 22.9 Å². The van der Waals surface area contributed by atoms with E-state index >= 15 is 0 Å². The minimum absolute atomic E-state index is 0.165. The number of aliphatic imine (C=N–C) groups is 1. The van der Waals surface area contributed by atoms with Crippen LogP contribution in [0.15, 0.2) is 52.1 Å². The summed E-state index contributed by atoms with van der Waals surface area (Å²) in [7, 11) is 0. The summed E-state index contributed by atoms with van der Waals surface area (Å²) in [5.74, 6) is 6.59. The van der Waals surface area contributed by atoms with Gasteiger partial charge in [0.25, 0.3) is 0 Å². The van der Waals surface area contributed by atoms with Crippen LogP contribution in [0.25, 0.3) is 5.69 Å². The summed E-state index contributed by atoms with van der Waals surface area (Å²) in [5.41, 5.74) is 3.51. The molecule has 1 aliphatic rings. The molecule has 0 fully saturated rings. The van der Waals surface area contributed by atoms with Gasteiger partial charge in [-0.15, -0.1) is 10.2 Å². The lowest BCUT2D eigenvalue weighted by Gasteiger charge is -2.13. The number of fused-ring (bicyclic) bond motifs is 3. The maximum Gasteiger partial charge on any atom is 0.165 e. The molecule has 0 saturated heterocycles. The van der Waals surface area contributed by atoms with E-state index in [1.165, 1.54) is 0 Å². The molecule has 0 unspecified atom stereocenters. The molecule has 0 radical (unpaired) electrons. The first kappa shape index (κ1) is 15.1. The molecule has 0 atom stereocenters. The summed E-state index contributed by atoms with van der Waals surface area (Å²) in [4.78, 5) is 13.9. The molecule has 2 aromatic heterocycles. The molecule has 1 aliphatic heterocycles. The summed E-state index contributed by atoms with van der Waals surface area (Å²) in [6.07, 6.45) is 1.76. The van der Waals surface area contributed by atoms with Crippen LogP contribution in [0.5, 0.6) is 0 Å². The predicted molar refractivity (Wildman–Crippen MR) is 91.6 cm³/mol. The molecule has 4 rings (SSSR count). The van der Waals surface area contributed by atoms with E-state index in [2.05, 4.69) is 31.1 Å². The topological polar surface area (TPSA) is 91.2 Å². The van der Waals surface area contributed by atoms with Gasteiger partial charge in [0, 0.05) is 16.2 Å². The molecule has 120 valence electrons. The lowest BCUT2D eigenvalue weighted by atomic mass is 10.0. The molecule has 0 amide bonds. The molecule has 7 nitrogen and oxygen atoms in total. The van der Waals surface area contributed by atoms with Crippen molar-refractivity contribution in [2.75, 3.05) is 0 Å². The van der Waals surface area contributed by atoms with E-state index in [4.69, 9.17) is 15.7 Å². The Balaban J connectivity index is 1.96. The van der Waals surface area contributed by atoms with Crippen molar-refractivity contribution in [1.29, 1.82) is 0 Å². The average molecular weight is 385 g/mol. The lowest BCUT2D eigenvalue weighted by Crippen LogP contribution is -2.12. The van der Waals surface area contributed by atoms with Crippen LogP contribution in [0.2, 0.25) is 0 Å². The summed E-state index contributed by atoms with van der Waals surface area (Å²) < 4.78 is 2.88. The average Bonchev–Trinajstić information content (AvgIpc) is 2.92. The van der Waals surface area contributed by atoms with Gasteiger partial charge < -0.3 is 0 Å². The molecule has 24 heavy (non-hydrogen) atoms. The Kier molecular flexibility index (Phi) is 3.93. The van der Waals surface area contributed by atoms with Crippen LogP contribution in [0.3, 0.4) is 0 Å². The molecule has 0 saturated carbocycles. The zero-order chi connectivity index (χ0) is 16.5. The number of rotatable bonds is 3. The fraction of sp³-hybridized carbons (Fsp3) is 0.125. The number of pyridine rings is 1. The van der Waals surface area contributed by atoms with Crippen LogP contribution in [0, 0.1) is 0 Å². The van der Waals surface area contributed by atoms with Gasteiger partial charge in [-0.25, -0.2) is 5.90 Å². The van der Waals surface area contributed by atoms with Crippen molar-refractivity contribution >= 4 is 21.6 Å². The summed E-state index contributed by atoms with van der Waals surface area (Å²) in [6.45, 7) is 0.563. The van der Waals surface area contributed by atoms with Gasteiger partial charge in [0.05, 0.1) is 17.1 Å². The zero-order valence-corrected chi connectivity index (χ0v) is 14.1. The van der Waals surface area contributed by atoms with E-state index in [1.807, 2.05) is 41.0 Å². The largest absolute Gasteiger partial charge is 0.296 e. The number of hydrogen-bond donors (Lipinski definition) is 1. The molecule has 3 heterocycles. The summed E-state index contributed by atoms with van der Waals surface area (Å²) in [5, 5.41) is 8.39. The van der Waals surface area contributed by atoms with Crippen molar-refractivity contribution in [2.45, 2.75) is 13.2 Å². The molecule has 0 bridgehead atoms. The third kappa shape index (κ3) is 2.54. The first-order valence-electron chi connectivity index (χ1n) is 7.29. The molecule has 8 heteroatoms. The van der Waals surface area contributed by atoms with Crippen LogP contribution >= 0.6 is 15.9 Å². The Hall–Kier alpha value is -2.42. The van der Waals surface area contributed by atoms with Gasteiger partial charge >= 0.3 is 0 Å². The highest BCUT2D eigenvalue weighted by atomic mass is 79.9. The molecule has 1 aromatic carbocycles. The molecule has 2 N–H and O–H groups in total. The minimum Gasteiger partial charge on any atom is -0.296 e. The van der Waals surface area contributed by atoms with Gasteiger partial charge in [0.15, 0.2) is 11.6 Å². The van der Waals surface area contributed by atoms with Crippen molar-refractivity contribution < 1.29 is 4.84 Å². The molecular weight excluding hydrogens is 372 g/mol. The molecule has 3 aromatic rings. The highest BCUT2D eigenvalue weighted by molar-refractivity contribution is 9.10. The minimum atomic E-state index is 0.165. The quantitative estimate of drug-likeness (QED) is 0.698. The van der Waals surface area contributed by atoms with Crippen molar-refractivity contribution in [3.8, 4) is 5.69 Å². The smallest absolute Gasteiger partial charge is 0.165 e. The van der Waals surface area contributed by atoms with E-state index < -0.39 is 0 Å². The van der Waals surface area contributed by atoms with Gasteiger partial charge in [0.1, 0.15) is 13.2 Å². The SMILES string of the molecule is NOCc1nnc2n1-c1cc(Br)ccc1C(c1ccccn1)=NC2. The first-order valence-corrected chi connectivity index (χ1v) is 8.08. The van der Waals surface area contributed by atoms with Crippen molar-refractivity contribution in [1.82, 2.24) is 19.7 Å². The highest BCUT2D eigenvalue weighted by Crippen LogP contribution is 2.28. The second kappa shape index (κ2) is 6.23. The Labute approximate surface area is 146 Å². The van der Waals surface area contributed by atoms with Gasteiger partial charge in [0.2, 0.25) is 0 Å². The van der Waals surface area contributed by atoms with E-state index in [9.17, 15) is 0 Å². The van der Waals surface area contributed by atoms with Crippen molar-refractivity contribution in [3.63, 3.8) is 0 Å². The number of nitrogens with two attached hydrogens (primary N) is 1.